The zero-order chi connectivity index (χ0) is 21.3. The molecular formula is C28H32F2. The van der Waals surface area contributed by atoms with Crippen molar-refractivity contribution < 1.29 is 8.78 Å². The molecule has 0 heterocycles. The molecule has 0 saturated heterocycles. The number of rotatable bonds is 10. The van der Waals surface area contributed by atoms with Gasteiger partial charge in [-0.1, -0.05) is 93.8 Å². The van der Waals surface area contributed by atoms with Gasteiger partial charge in [-0.25, -0.2) is 8.78 Å². The Hall–Kier alpha value is -2.48. The highest BCUT2D eigenvalue weighted by molar-refractivity contribution is 5.64. The third kappa shape index (κ3) is 5.78. The molecule has 158 valence electrons. The molecule has 30 heavy (non-hydrogen) atoms. The van der Waals surface area contributed by atoms with Crippen molar-refractivity contribution in [3.63, 3.8) is 0 Å². The van der Waals surface area contributed by atoms with Gasteiger partial charge in [0.05, 0.1) is 0 Å². The van der Waals surface area contributed by atoms with Gasteiger partial charge in [-0.3, -0.25) is 0 Å². The first-order valence-electron chi connectivity index (χ1n) is 11.3. The monoisotopic (exact) mass is 406 g/mol. The minimum absolute atomic E-state index is 0.460. The average molecular weight is 407 g/mol. The fraction of sp³-hybridized carbons (Fsp3) is 0.357. The summed E-state index contributed by atoms with van der Waals surface area (Å²) < 4.78 is 28.8. The predicted molar refractivity (Wildman–Crippen MR) is 123 cm³/mol. The molecule has 0 N–H and O–H groups in total. The fourth-order valence-corrected chi connectivity index (χ4v) is 3.88. The topological polar surface area (TPSA) is 0 Å². The zero-order valence-corrected chi connectivity index (χ0v) is 18.2. The maximum absolute atomic E-state index is 14.5. The van der Waals surface area contributed by atoms with Crippen LogP contribution in [-0.2, 0) is 25.7 Å². The summed E-state index contributed by atoms with van der Waals surface area (Å²) in [6, 6.07) is 20.6. The number of hydrogen-bond acceptors (Lipinski definition) is 0. The van der Waals surface area contributed by atoms with Gasteiger partial charge in [0.1, 0.15) is 0 Å². The third-order valence-corrected chi connectivity index (χ3v) is 5.75. The third-order valence-electron chi connectivity index (χ3n) is 5.75. The molecule has 0 atom stereocenters. The van der Waals surface area contributed by atoms with E-state index < -0.39 is 11.6 Å². The Morgan fingerprint density at radius 3 is 1.50 bits per heavy atom. The molecule has 3 aromatic carbocycles. The maximum atomic E-state index is 14.5. The van der Waals surface area contributed by atoms with Crippen molar-refractivity contribution in [1.82, 2.24) is 0 Å². The summed E-state index contributed by atoms with van der Waals surface area (Å²) in [5.74, 6) is -1.33. The van der Waals surface area contributed by atoms with Crippen LogP contribution >= 0.6 is 0 Å². The van der Waals surface area contributed by atoms with E-state index >= 15 is 0 Å². The van der Waals surface area contributed by atoms with E-state index in [2.05, 4.69) is 62.4 Å². The summed E-state index contributed by atoms with van der Waals surface area (Å²) in [5, 5.41) is 0. The van der Waals surface area contributed by atoms with Crippen LogP contribution in [0.1, 0.15) is 61.8 Å². The molecular weight excluding hydrogens is 374 g/mol. The van der Waals surface area contributed by atoms with Gasteiger partial charge in [0.15, 0.2) is 11.6 Å². The van der Waals surface area contributed by atoms with Crippen molar-refractivity contribution in [2.75, 3.05) is 0 Å². The molecule has 0 bridgehead atoms. The van der Waals surface area contributed by atoms with Gasteiger partial charge in [0.2, 0.25) is 0 Å². The van der Waals surface area contributed by atoms with Crippen LogP contribution in [-0.4, -0.2) is 0 Å². The SMILES string of the molecule is CCCCCc1ccc(CCc2ccc(-c3ccc(CCC)cc3)cc2)c(F)c1F. The molecule has 0 amide bonds. The normalized spacial score (nSPS) is 11.1. The van der Waals surface area contributed by atoms with E-state index in [9.17, 15) is 8.78 Å². The van der Waals surface area contributed by atoms with Gasteiger partial charge >= 0.3 is 0 Å². The predicted octanol–water partition coefficient (Wildman–Crippen LogP) is 8.10. The number of halogens is 2. The van der Waals surface area contributed by atoms with Crippen LogP contribution in [0.15, 0.2) is 60.7 Å². The average Bonchev–Trinajstić information content (AvgIpc) is 2.77. The van der Waals surface area contributed by atoms with E-state index in [0.29, 0.717) is 30.4 Å². The Bertz CT molecular complexity index is 924. The Balaban J connectivity index is 1.61. The highest BCUT2D eigenvalue weighted by Gasteiger charge is 2.13. The Kier molecular flexibility index (Phi) is 8.19. The molecule has 3 aromatic rings. The molecule has 0 saturated carbocycles. The second kappa shape index (κ2) is 11.1. The van der Waals surface area contributed by atoms with Gasteiger partial charge < -0.3 is 0 Å². The summed E-state index contributed by atoms with van der Waals surface area (Å²) in [5.41, 5.74) is 5.83. The molecule has 0 aliphatic heterocycles. The second-order valence-electron chi connectivity index (χ2n) is 8.11. The molecule has 0 aliphatic rings. The van der Waals surface area contributed by atoms with Crippen molar-refractivity contribution in [2.45, 2.75) is 65.2 Å². The lowest BCUT2D eigenvalue weighted by Crippen LogP contribution is -2.02. The van der Waals surface area contributed by atoms with Crippen LogP contribution in [0.5, 0.6) is 0 Å². The standard InChI is InChI=1S/C28H32F2/c1-3-5-6-8-25-19-20-26(28(30)27(25)29)18-13-22-11-16-24(17-12-22)23-14-9-21(7-4-2)10-15-23/h9-12,14-17,19-20H,3-8,13,18H2,1-2H3. The smallest absolute Gasteiger partial charge is 0.162 e. The lowest BCUT2D eigenvalue weighted by molar-refractivity contribution is 0.487. The lowest BCUT2D eigenvalue weighted by Gasteiger charge is -2.09. The van der Waals surface area contributed by atoms with Crippen molar-refractivity contribution >= 4 is 0 Å². The van der Waals surface area contributed by atoms with Gasteiger partial charge in [-0.05, 0) is 65.5 Å². The number of benzene rings is 3. The van der Waals surface area contributed by atoms with Crippen LogP contribution in [0.25, 0.3) is 11.1 Å². The Morgan fingerprint density at radius 2 is 1.00 bits per heavy atom. The molecule has 0 nitrogen and oxygen atoms in total. The molecule has 3 rings (SSSR count). The van der Waals surface area contributed by atoms with Crippen molar-refractivity contribution in [1.29, 1.82) is 0 Å². The van der Waals surface area contributed by atoms with Gasteiger partial charge in [0.25, 0.3) is 0 Å². The van der Waals surface area contributed by atoms with Crippen molar-refractivity contribution in [2.24, 2.45) is 0 Å². The van der Waals surface area contributed by atoms with E-state index in [1.807, 2.05) is 0 Å². The molecule has 0 fully saturated rings. The first-order chi connectivity index (χ1) is 14.6. The molecule has 0 radical (unpaired) electrons. The minimum atomic E-state index is -0.673. The Morgan fingerprint density at radius 1 is 0.500 bits per heavy atom. The fourth-order valence-electron chi connectivity index (χ4n) is 3.88. The quantitative estimate of drug-likeness (QED) is 0.298. The second-order valence-corrected chi connectivity index (χ2v) is 8.11. The highest BCUT2D eigenvalue weighted by Crippen LogP contribution is 2.23. The summed E-state index contributed by atoms with van der Waals surface area (Å²) in [6.45, 7) is 4.30. The molecule has 0 aliphatic carbocycles. The number of aryl methyl sites for hydroxylation is 4. The van der Waals surface area contributed by atoms with Crippen LogP contribution in [0.2, 0.25) is 0 Å². The summed E-state index contributed by atoms with van der Waals surface area (Å²) in [6.07, 6.45) is 7.09. The molecule has 0 unspecified atom stereocenters. The van der Waals surface area contributed by atoms with Gasteiger partial charge in [-0.2, -0.15) is 0 Å². The number of unbranched alkanes of at least 4 members (excludes halogenated alkanes) is 2. The highest BCUT2D eigenvalue weighted by atomic mass is 19.2. The largest absolute Gasteiger partial charge is 0.203 e. The van der Waals surface area contributed by atoms with Crippen LogP contribution in [0.4, 0.5) is 8.78 Å². The van der Waals surface area contributed by atoms with Crippen LogP contribution < -0.4 is 0 Å². The van der Waals surface area contributed by atoms with E-state index in [1.54, 1.807) is 12.1 Å². The molecule has 0 aromatic heterocycles. The number of hydrogen-bond donors (Lipinski definition) is 0. The van der Waals surface area contributed by atoms with E-state index in [1.165, 1.54) is 16.7 Å². The minimum Gasteiger partial charge on any atom is -0.203 e. The molecule has 0 spiro atoms. The van der Waals surface area contributed by atoms with E-state index in [-0.39, 0.29) is 0 Å². The lowest BCUT2D eigenvalue weighted by atomic mass is 9.98. The van der Waals surface area contributed by atoms with E-state index in [0.717, 1.165) is 37.7 Å². The van der Waals surface area contributed by atoms with Gasteiger partial charge in [0, 0.05) is 0 Å². The van der Waals surface area contributed by atoms with Gasteiger partial charge in [-0.15, -0.1) is 0 Å². The maximum Gasteiger partial charge on any atom is 0.162 e. The summed E-state index contributed by atoms with van der Waals surface area (Å²) in [4.78, 5) is 0. The summed E-state index contributed by atoms with van der Waals surface area (Å²) >= 11 is 0. The first-order valence-corrected chi connectivity index (χ1v) is 11.3. The Labute approximate surface area is 180 Å². The first kappa shape index (κ1) is 22.2. The molecule has 2 heteroatoms. The zero-order valence-electron chi connectivity index (χ0n) is 18.2. The van der Waals surface area contributed by atoms with Crippen LogP contribution in [0, 0.1) is 11.6 Å². The van der Waals surface area contributed by atoms with Crippen LogP contribution in [0.3, 0.4) is 0 Å². The van der Waals surface area contributed by atoms with Crippen molar-refractivity contribution in [3.05, 3.63) is 94.6 Å². The summed E-state index contributed by atoms with van der Waals surface area (Å²) in [7, 11) is 0. The van der Waals surface area contributed by atoms with E-state index in [4.69, 9.17) is 0 Å². The van der Waals surface area contributed by atoms with Crippen molar-refractivity contribution in [3.8, 4) is 11.1 Å².